The number of methoxy groups -OCH3 is 1. The Kier molecular flexibility index (Phi) is 5.56. The van der Waals surface area contributed by atoms with E-state index in [9.17, 15) is 4.79 Å². The first-order valence-corrected chi connectivity index (χ1v) is 10.6. The van der Waals surface area contributed by atoms with Crippen molar-refractivity contribution in [2.45, 2.75) is 0 Å². The summed E-state index contributed by atoms with van der Waals surface area (Å²) in [4.78, 5) is 17.9. The summed E-state index contributed by atoms with van der Waals surface area (Å²) in [7, 11) is 1.63. The summed E-state index contributed by atoms with van der Waals surface area (Å²) in [5, 5.41) is 0.751. The van der Waals surface area contributed by atoms with Crippen molar-refractivity contribution < 1.29 is 14.3 Å². The van der Waals surface area contributed by atoms with Crippen molar-refractivity contribution in [1.29, 1.82) is 0 Å². The summed E-state index contributed by atoms with van der Waals surface area (Å²) in [5.74, 6) is 0.834. The van der Waals surface area contributed by atoms with Gasteiger partial charge in [0.1, 0.15) is 11.5 Å². The van der Waals surface area contributed by atoms with Gasteiger partial charge in [-0.15, -0.1) is 0 Å². The number of esters is 1. The zero-order valence-electron chi connectivity index (χ0n) is 18.1. The van der Waals surface area contributed by atoms with Gasteiger partial charge in [0.25, 0.3) is 0 Å². The molecule has 0 aliphatic rings. The van der Waals surface area contributed by atoms with Crippen molar-refractivity contribution in [3.8, 4) is 33.9 Å². The van der Waals surface area contributed by atoms with Crippen molar-refractivity contribution in [1.82, 2.24) is 4.98 Å². The van der Waals surface area contributed by atoms with Crippen LogP contribution in [0.5, 0.6) is 11.5 Å². The second kappa shape index (κ2) is 8.97. The quantitative estimate of drug-likeness (QED) is 0.227. The van der Waals surface area contributed by atoms with Crippen LogP contribution in [0.25, 0.3) is 33.3 Å². The van der Waals surface area contributed by atoms with Gasteiger partial charge in [0.15, 0.2) is 0 Å². The number of rotatable bonds is 5. The van der Waals surface area contributed by atoms with Crippen molar-refractivity contribution in [3.05, 3.63) is 115 Å². The third kappa shape index (κ3) is 4.32. The van der Waals surface area contributed by atoms with Gasteiger partial charge in [-0.1, -0.05) is 60.7 Å². The lowest BCUT2D eigenvalue weighted by Crippen LogP contribution is -2.10. The molecule has 4 nitrogen and oxygen atoms in total. The van der Waals surface area contributed by atoms with E-state index >= 15 is 0 Å². The Bertz CT molecular complexity index is 1410. The Morgan fingerprint density at radius 2 is 1.27 bits per heavy atom. The van der Waals surface area contributed by atoms with Crippen LogP contribution in [0.4, 0.5) is 0 Å². The van der Waals surface area contributed by atoms with Crippen LogP contribution < -0.4 is 9.47 Å². The molecule has 33 heavy (non-hydrogen) atoms. The first-order chi connectivity index (χ1) is 16.2. The SMILES string of the molecule is COc1ccc(-c2cc(C(=O)Oc3ccc(-c4ccccc4)cc3)c3ccccc3n2)cc1. The molecule has 0 unspecified atom stereocenters. The number of aromatic nitrogens is 1. The van der Waals surface area contributed by atoms with Gasteiger partial charge in [-0.05, 0) is 59.7 Å². The Hall–Kier alpha value is -4.44. The van der Waals surface area contributed by atoms with Crippen molar-refractivity contribution in [2.75, 3.05) is 7.11 Å². The number of pyridine rings is 1. The first kappa shape index (κ1) is 20.5. The highest BCUT2D eigenvalue weighted by atomic mass is 16.5. The Morgan fingerprint density at radius 1 is 0.667 bits per heavy atom. The van der Waals surface area contributed by atoms with Gasteiger partial charge in [0, 0.05) is 10.9 Å². The smallest absolute Gasteiger partial charge is 0.344 e. The largest absolute Gasteiger partial charge is 0.497 e. The Morgan fingerprint density at radius 3 is 2.00 bits per heavy atom. The predicted octanol–water partition coefficient (Wildman–Crippen LogP) is 6.80. The van der Waals surface area contributed by atoms with Crippen LogP contribution in [0.2, 0.25) is 0 Å². The van der Waals surface area contributed by atoms with E-state index in [-0.39, 0.29) is 0 Å². The van der Waals surface area contributed by atoms with Crippen LogP contribution >= 0.6 is 0 Å². The molecule has 0 spiro atoms. The number of carbonyl (C=O) groups excluding carboxylic acids is 1. The molecule has 0 bridgehead atoms. The van der Waals surface area contributed by atoms with Gasteiger partial charge < -0.3 is 9.47 Å². The summed E-state index contributed by atoms with van der Waals surface area (Å²) < 4.78 is 11.0. The molecule has 0 aliphatic heterocycles. The predicted molar refractivity (Wildman–Crippen MR) is 131 cm³/mol. The molecule has 4 heteroatoms. The molecule has 0 N–H and O–H groups in total. The van der Waals surface area contributed by atoms with Gasteiger partial charge in [-0.2, -0.15) is 0 Å². The minimum absolute atomic E-state index is 0.421. The number of ether oxygens (including phenoxy) is 2. The summed E-state index contributed by atoms with van der Waals surface area (Å²) in [6.45, 7) is 0. The summed E-state index contributed by atoms with van der Waals surface area (Å²) in [6.07, 6.45) is 0. The average Bonchev–Trinajstić information content (AvgIpc) is 2.89. The number of benzene rings is 4. The van der Waals surface area contributed by atoms with Gasteiger partial charge >= 0.3 is 5.97 Å². The Balaban J connectivity index is 1.47. The maximum atomic E-state index is 13.2. The lowest BCUT2D eigenvalue weighted by Gasteiger charge is -2.11. The fourth-order valence-corrected chi connectivity index (χ4v) is 3.76. The van der Waals surface area contributed by atoms with Crippen LogP contribution in [-0.4, -0.2) is 18.1 Å². The van der Waals surface area contributed by atoms with Crippen LogP contribution in [0, 0.1) is 0 Å². The molecule has 1 aromatic heterocycles. The lowest BCUT2D eigenvalue weighted by atomic mass is 10.0. The number of hydrogen-bond donors (Lipinski definition) is 0. The van der Waals surface area contributed by atoms with Crippen molar-refractivity contribution in [2.24, 2.45) is 0 Å². The highest BCUT2D eigenvalue weighted by molar-refractivity contribution is 6.05. The molecule has 0 atom stereocenters. The maximum Gasteiger partial charge on any atom is 0.344 e. The molecule has 0 aliphatic carbocycles. The maximum absolute atomic E-state index is 13.2. The monoisotopic (exact) mass is 431 g/mol. The molecule has 4 aromatic carbocycles. The van der Waals surface area contributed by atoms with E-state index in [0.29, 0.717) is 17.0 Å². The number of hydrogen-bond acceptors (Lipinski definition) is 4. The topological polar surface area (TPSA) is 48.4 Å². The fraction of sp³-hybridized carbons (Fsp3) is 0.0345. The molecule has 5 rings (SSSR count). The fourth-order valence-electron chi connectivity index (χ4n) is 3.76. The summed E-state index contributed by atoms with van der Waals surface area (Å²) in [5.41, 5.74) is 4.97. The van der Waals surface area contributed by atoms with E-state index in [0.717, 1.165) is 33.3 Å². The highest BCUT2D eigenvalue weighted by Crippen LogP contribution is 2.28. The summed E-state index contributed by atoms with van der Waals surface area (Å²) in [6, 6.07) is 34.6. The number of carbonyl (C=O) groups is 1. The van der Waals surface area contributed by atoms with Gasteiger partial charge in [-0.25, -0.2) is 9.78 Å². The van der Waals surface area contributed by atoms with Gasteiger partial charge in [-0.3, -0.25) is 0 Å². The third-order valence-electron chi connectivity index (χ3n) is 5.49. The first-order valence-electron chi connectivity index (χ1n) is 10.6. The van der Waals surface area contributed by atoms with Crippen LogP contribution in [0.1, 0.15) is 10.4 Å². The van der Waals surface area contributed by atoms with Gasteiger partial charge in [0.2, 0.25) is 0 Å². The molecule has 0 fully saturated rings. The zero-order chi connectivity index (χ0) is 22.6. The third-order valence-corrected chi connectivity index (χ3v) is 5.49. The van der Waals surface area contributed by atoms with E-state index in [1.54, 1.807) is 13.2 Å². The molecule has 0 saturated carbocycles. The molecular formula is C29H21NO3. The summed E-state index contributed by atoms with van der Waals surface area (Å²) >= 11 is 0. The standard InChI is InChI=1S/C29H21NO3/c1-32-23-15-13-22(14-16-23)28-19-26(25-9-5-6-10-27(25)30-28)29(31)33-24-17-11-21(12-18-24)20-7-3-2-4-8-20/h2-19H,1H3. The molecule has 0 amide bonds. The van der Waals surface area contributed by atoms with Gasteiger partial charge in [0.05, 0.1) is 23.9 Å². The second-order valence-electron chi connectivity index (χ2n) is 7.58. The second-order valence-corrected chi connectivity index (χ2v) is 7.58. The van der Waals surface area contributed by atoms with E-state index in [4.69, 9.17) is 14.5 Å². The van der Waals surface area contributed by atoms with Crippen LogP contribution in [0.15, 0.2) is 109 Å². The molecule has 0 saturated heterocycles. The minimum Gasteiger partial charge on any atom is -0.497 e. The minimum atomic E-state index is -0.421. The normalized spacial score (nSPS) is 10.7. The van der Waals surface area contributed by atoms with Crippen LogP contribution in [0.3, 0.4) is 0 Å². The number of fused-ring (bicyclic) bond motifs is 1. The number of nitrogens with zero attached hydrogens (tertiary/aromatic N) is 1. The molecular weight excluding hydrogens is 410 g/mol. The van der Waals surface area contributed by atoms with Crippen molar-refractivity contribution >= 4 is 16.9 Å². The molecule has 1 heterocycles. The van der Waals surface area contributed by atoms with Crippen LogP contribution in [-0.2, 0) is 0 Å². The van der Waals surface area contributed by atoms with E-state index in [2.05, 4.69) is 0 Å². The van der Waals surface area contributed by atoms with Crippen molar-refractivity contribution in [3.63, 3.8) is 0 Å². The Labute approximate surface area is 192 Å². The van der Waals surface area contributed by atoms with E-state index in [1.165, 1.54) is 0 Å². The molecule has 160 valence electrons. The lowest BCUT2D eigenvalue weighted by molar-refractivity contribution is 0.0737. The van der Waals surface area contributed by atoms with E-state index < -0.39 is 5.97 Å². The zero-order valence-corrected chi connectivity index (χ0v) is 18.1. The number of para-hydroxylation sites is 1. The molecule has 5 aromatic rings. The highest BCUT2D eigenvalue weighted by Gasteiger charge is 2.16. The average molecular weight is 431 g/mol. The molecule has 0 radical (unpaired) electrons. The van der Waals surface area contributed by atoms with E-state index in [1.807, 2.05) is 103 Å².